The number of aromatic nitrogens is 1. The van der Waals surface area contributed by atoms with Crippen LogP contribution in [0.5, 0.6) is 0 Å². The summed E-state index contributed by atoms with van der Waals surface area (Å²) in [4.78, 5) is 15.0. The molecule has 1 aromatic carbocycles. The molecule has 1 aromatic heterocycles. The summed E-state index contributed by atoms with van der Waals surface area (Å²) in [6.07, 6.45) is 3.65. The Hall–Kier alpha value is -1.81. The molecule has 1 saturated heterocycles. The summed E-state index contributed by atoms with van der Waals surface area (Å²) < 4.78 is 7.21. The largest absolute Gasteiger partial charge is 0.443 e. The third-order valence-electron chi connectivity index (χ3n) is 4.48. The first-order valence-electron chi connectivity index (χ1n) is 8.90. The summed E-state index contributed by atoms with van der Waals surface area (Å²) in [5.41, 5.74) is 2.65. The fourth-order valence-electron chi connectivity index (χ4n) is 3.43. The van der Waals surface area contributed by atoms with Crippen LogP contribution in [-0.4, -0.2) is 34.3 Å². The van der Waals surface area contributed by atoms with Crippen LogP contribution in [0.25, 0.3) is 10.9 Å². The molecule has 1 aliphatic heterocycles. The Kier molecular flexibility index (Phi) is 4.68. The van der Waals surface area contributed by atoms with E-state index < -0.39 is 5.60 Å². The smallest absolute Gasteiger partial charge is 0.419 e. The summed E-state index contributed by atoms with van der Waals surface area (Å²) in [6.45, 7) is 11.0. The zero-order valence-corrected chi connectivity index (χ0v) is 15.3. The highest BCUT2D eigenvalue weighted by Crippen LogP contribution is 2.24. The number of nitrogens with zero attached hydrogens (tertiary/aromatic N) is 2. The van der Waals surface area contributed by atoms with E-state index in [1.807, 2.05) is 33.8 Å². The van der Waals surface area contributed by atoms with Crippen molar-refractivity contribution < 1.29 is 9.53 Å². The van der Waals surface area contributed by atoms with Gasteiger partial charge in [-0.15, -0.1) is 0 Å². The molecule has 24 heavy (non-hydrogen) atoms. The molecular formula is C20H28N2O2. The van der Waals surface area contributed by atoms with Crippen molar-refractivity contribution in [2.24, 2.45) is 0 Å². The van der Waals surface area contributed by atoms with Crippen LogP contribution in [0.1, 0.15) is 51.3 Å². The molecule has 2 heterocycles. The zero-order chi connectivity index (χ0) is 17.3. The van der Waals surface area contributed by atoms with E-state index in [0.717, 1.165) is 23.1 Å². The monoisotopic (exact) mass is 328 g/mol. The summed E-state index contributed by atoms with van der Waals surface area (Å²) in [7, 11) is 0. The van der Waals surface area contributed by atoms with Gasteiger partial charge in [-0.3, -0.25) is 4.90 Å². The Balaban J connectivity index is 1.85. The summed E-state index contributed by atoms with van der Waals surface area (Å²) >= 11 is 0. The predicted octanol–water partition coefficient (Wildman–Crippen LogP) is 4.72. The highest BCUT2D eigenvalue weighted by molar-refractivity contribution is 5.91. The van der Waals surface area contributed by atoms with Gasteiger partial charge in [0, 0.05) is 17.6 Å². The van der Waals surface area contributed by atoms with E-state index in [-0.39, 0.29) is 6.09 Å². The highest BCUT2D eigenvalue weighted by atomic mass is 16.6. The first kappa shape index (κ1) is 17.0. The van der Waals surface area contributed by atoms with Gasteiger partial charge in [0.1, 0.15) is 5.60 Å². The Morgan fingerprint density at radius 2 is 1.83 bits per heavy atom. The maximum atomic E-state index is 12.5. The number of fused-ring (bicyclic) bond motifs is 1. The van der Waals surface area contributed by atoms with Gasteiger partial charge >= 0.3 is 6.09 Å². The van der Waals surface area contributed by atoms with E-state index in [4.69, 9.17) is 4.74 Å². The highest BCUT2D eigenvalue weighted by Gasteiger charge is 2.21. The van der Waals surface area contributed by atoms with Crippen LogP contribution in [0.3, 0.4) is 0 Å². The van der Waals surface area contributed by atoms with Gasteiger partial charge in [0.05, 0.1) is 5.52 Å². The van der Waals surface area contributed by atoms with Gasteiger partial charge in [-0.1, -0.05) is 12.5 Å². The van der Waals surface area contributed by atoms with Crippen LogP contribution in [-0.2, 0) is 11.3 Å². The number of likely N-dealkylation sites (tertiary alicyclic amines) is 1. The Bertz CT molecular complexity index is 734. The number of ether oxygens (including phenoxy) is 1. The molecule has 0 radical (unpaired) electrons. The van der Waals surface area contributed by atoms with Crippen molar-refractivity contribution in [1.29, 1.82) is 0 Å². The van der Waals surface area contributed by atoms with E-state index in [0.29, 0.717) is 0 Å². The van der Waals surface area contributed by atoms with Crippen molar-refractivity contribution in [3.05, 3.63) is 35.5 Å². The Morgan fingerprint density at radius 1 is 1.12 bits per heavy atom. The molecule has 4 heteroatoms. The molecule has 0 N–H and O–H groups in total. The fourth-order valence-corrected chi connectivity index (χ4v) is 3.43. The van der Waals surface area contributed by atoms with E-state index in [1.165, 1.54) is 37.9 Å². The lowest BCUT2D eigenvalue weighted by molar-refractivity contribution is 0.0541. The lowest BCUT2D eigenvalue weighted by Gasteiger charge is -2.26. The number of piperidine rings is 1. The average Bonchev–Trinajstić information content (AvgIpc) is 2.81. The first-order chi connectivity index (χ1) is 11.3. The lowest BCUT2D eigenvalue weighted by Crippen LogP contribution is -2.29. The van der Waals surface area contributed by atoms with Crippen molar-refractivity contribution in [3.63, 3.8) is 0 Å². The second kappa shape index (κ2) is 6.60. The summed E-state index contributed by atoms with van der Waals surface area (Å²) in [6, 6.07) is 8.46. The third kappa shape index (κ3) is 3.81. The molecule has 130 valence electrons. The van der Waals surface area contributed by atoms with Crippen LogP contribution in [0.15, 0.2) is 24.3 Å². The molecule has 2 aromatic rings. The van der Waals surface area contributed by atoms with Gasteiger partial charge in [-0.05, 0) is 77.4 Å². The van der Waals surface area contributed by atoms with Crippen molar-refractivity contribution in [1.82, 2.24) is 9.47 Å². The second-order valence-corrected chi connectivity index (χ2v) is 7.83. The van der Waals surface area contributed by atoms with Crippen LogP contribution < -0.4 is 0 Å². The van der Waals surface area contributed by atoms with Gasteiger partial charge in [-0.2, -0.15) is 0 Å². The molecule has 1 aliphatic rings. The van der Waals surface area contributed by atoms with Gasteiger partial charge < -0.3 is 4.74 Å². The maximum Gasteiger partial charge on any atom is 0.419 e. The van der Waals surface area contributed by atoms with Gasteiger partial charge in [-0.25, -0.2) is 9.36 Å². The topological polar surface area (TPSA) is 34.5 Å². The third-order valence-corrected chi connectivity index (χ3v) is 4.48. The second-order valence-electron chi connectivity index (χ2n) is 7.83. The molecule has 3 rings (SSSR count). The van der Waals surface area contributed by atoms with Crippen molar-refractivity contribution in [3.8, 4) is 0 Å². The normalized spacial score (nSPS) is 16.5. The molecule has 0 atom stereocenters. The number of rotatable bonds is 2. The number of aryl methyl sites for hydroxylation is 1. The van der Waals surface area contributed by atoms with Crippen molar-refractivity contribution in [2.45, 2.75) is 59.1 Å². The van der Waals surface area contributed by atoms with E-state index in [1.54, 1.807) is 4.57 Å². The molecule has 0 spiro atoms. The number of carbonyl (C=O) groups is 1. The molecule has 0 saturated carbocycles. The maximum absolute atomic E-state index is 12.5. The average molecular weight is 328 g/mol. The predicted molar refractivity (Wildman–Crippen MR) is 97.4 cm³/mol. The number of hydrogen-bond donors (Lipinski definition) is 0. The van der Waals surface area contributed by atoms with Gasteiger partial charge in [0.25, 0.3) is 0 Å². The number of hydrogen-bond acceptors (Lipinski definition) is 3. The van der Waals surface area contributed by atoms with E-state index >= 15 is 0 Å². The molecule has 1 fully saturated rings. The lowest BCUT2D eigenvalue weighted by atomic mass is 10.1. The fraction of sp³-hybridized carbons (Fsp3) is 0.550. The number of benzene rings is 1. The molecule has 0 amide bonds. The van der Waals surface area contributed by atoms with Crippen LogP contribution in [0.4, 0.5) is 4.79 Å². The van der Waals surface area contributed by atoms with E-state index in [9.17, 15) is 4.79 Å². The summed E-state index contributed by atoms with van der Waals surface area (Å²) in [5.74, 6) is 0. The zero-order valence-electron chi connectivity index (χ0n) is 15.3. The van der Waals surface area contributed by atoms with Crippen LogP contribution in [0.2, 0.25) is 0 Å². The minimum atomic E-state index is -0.492. The van der Waals surface area contributed by atoms with Crippen molar-refractivity contribution >= 4 is 17.0 Å². The molecule has 0 bridgehead atoms. The minimum Gasteiger partial charge on any atom is -0.443 e. The minimum absolute atomic E-state index is 0.307. The van der Waals surface area contributed by atoms with Crippen LogP contribution in [0, 0.1) is 6.92 Å². The van der Waals surface area contributed by atoms with E-state index in [2.05, 4.69) is 23.1 Å². The summed E-state index contributed by atoms with van der Waals surface area (Å²) in [5, 5.41) is 1.10. The molecule has 4 nitrogen and oxygen atoms in total. The van der Waals surface area contributed by atoms with Crippen molar-refractivity contribution in [2.75, 3.05) is 13.1 Å². The Labute approximate surface area is 144 Å². The van der Waals surface area contributed by atoms with Crippen LogP contribution >= 0.6 is 0 Å². The standard InChI is InChI=1S/C20H28N2O2/c1-15-12-17-13-16(14-21-10-6-5-7-11-21)8-9-18(17)22(15)19(23)24-20(2,3)4/h8-9,12-13H,5-7,10-11,14H2,1-4H3. The van der Waals surface area contributed by atoms with Gasteiger partial charge in [0.2, 0.25) is 0 Å². The molecular weight excluding hydrogens is 300 g/mol. The SMILES string of the molecule is Cc1cc2cc(CN3CCCCC3)ccc2n1C(=O)OC(C)(C)C. The number of carbonyl (C=O) groups excluding carboxylic acids is 1. The molecule has 0 unspecified atom stereocenters. The van der Waals surface area contributed by atoms with Gasteiger partial charge in [0.15, 0.2) is 0 Å². The first-order valence-corrected chi connectivity index (χ1v) is 8.90. The quantitative estimate of drug-likeness (QED) is 0.800. The molecule has 0 aliphatic carbocycles. The Morgan fingerprint density at radius 3 is 2.50 bits per heavy atom.